The molecular formula is C18H19BrFN3O2. The number of ether oxygens (including phenoxy) is 2. The molecule has 0 saturated carbocycles. The highest BCUT2D eigenvalue weighted by molar-refractivity contribution is 9.10. The number of aliphatic imine (C=N–C) groups is 1. The highest BCUT2D eigenvalue weighted by atomic mass is 79.9. The standard InChI is InChI=1S/C18H19BrFN3O2/c19-13-2-4-15(20)12(10-13)6-7-22-18(21)23-14-3-5-16-17(11-14)25-9-1-8-24-16/h2-5,10-11H,1,6-9H2,(H3,21,22,23). The minimum Gasteiger partial charge on any atom is -0.490 e. The van der Waals surface area contributed by atoms with Crippen LogP contribution in [-0.2, 0) is 6.42 Å². The molecule has 2 aromatic rings. The lowest BCUT2D eigenvalue weighted by Crippen LogP contribution is -2.23. The van der Waals surface area contributed by atoms with E-state index in [1.54, 1.807) is 12.1 Å². The molecule has 0 atom stereocenters. The molecule has 5 nitrogen and oxygen atoms in total. The topological polar surface area (TPSA) is 68.9 Å². The molecule has 1 aliphatic rings. The number of hydrogen-bond donors (Lipinski definition) is 2. The predicted octanol–water partition coefficient (Wildman–Crippen LogP) is 3.72. The van der Waals surface area contributed by atoms with Gasteiger partial charge in [-0.05, 0) is 42.3 Å². The predicted molar refractivity (Wildman–Crippen MR) is 100.0 cm³/mol. The summed E-state index contributed by atoms with van der Waals surface area (Å²) in [5.41, 5.74) is 7.27. The summed E-state index contributed by atoms with van der Waals surface area (Å²) in [5.74, 6) is 1.44. The SMILES string of the molecule is NC(=NCCc1cc(Br)ccc1F)Nc1ccc2c(c1)OCCCO2. The van der Waals surface area contributed by atoms with Crippen LogP contribution >= 0.6 is 15.9 Å². The molecule has 0 unspecified atom stereocenters. The minimum absolute atomic E-state index is 0.243. The van der Waals surface area contributed by atoms with Gasteiger partial charge in [0.1, 0.15) is 5.82 Å². The Morgan fingerprint density at radius 2 is 1.96 bits per heavy atom. The highest BCUT2D eigenvalue weighted by Crippen LogP contribution is 2.32. The molecular weight excluding hydrogens is 389 g/mol. The second kappa shape index (κ2) is 8.20. The number of nitrogens with zero attached hydrogens (tertiary/aromatic N) is 1. The lowest BCUT2D eigenvalue weighted by atomic mass is 10.1. The summed E-state index contributed by atoms with van der Waals surface area (Å²) in [5, 5.41) is 3.01. The quantitative estimate of drug-likeness (QED) is 0.598. The van der Waals surface area contributed by atoms with Crippen LogP contribution in [0.5, 0.6) is 11.5 Å². The number of guanidine groups is 1. The van der Waals surface area contributed by atoms with E-state index in [1.165, 1.54) is 6.07 Å². The minimum atomic E-state index is -0.243. The fourth-order valence-electron chi connectivity index (χ4n) is 2.46. The Morgan fingerprint density at radius 1 is 1.16 bits per heavy atom. The average Bonchev–Trinajstić information content (AvgIpc) is 2.83. The van der Waals surface area contributed by atoms with Gasteiger partial charge in [0.15, 0.2) is 17.5 Å². The summed E-state index contributed by atoms with van der Waals surface area (Å²) in [6.07, 6.45) is 1.32. The van der Waals surface area contributed by atoms with Crippen LogP contribution < -0.4 is 20.5 Å². The van der Waals surface area contributed by atoms with Gasteiger partial charge in [-0.1, -0.05) is 15.9 Å². The van der Waals surface area contributed by atoms with Crippen LogP contribution in [0.3, 0.4) is 0 Å². The van der Waals surface area contributed by atoms with Crippen LogP contribution in [0.4, 0.5) is 10.1 Å². The maximum absolute atomic E-state index is 13.7. The molecule has 132 valence electrons. The van der Waals surface area contributed by atoms with Crippen LogP contribution in [0.2, 0.25) is 0 Å². The largest absolute Gasteiger partial charge is 0.490 e. The number of nitrogens with one attached hydrogen (secondary N) is 1. The van der Waals surface area contributed by atoms with Gasteiger partial charge in [0.2, 0.25) is 0 Å². The Balaban J connectivity index is 1.60. The second-order valence-electron chi connectivity index (χ2n) is 5.59. The normalized spacial score (nSPS) is 14.1. The number of halogens is 2. The van der Waals surface area contributed by atoms with Crippen molar-refractivity contribution in [2.24, 2.45) is 10.7 Å². The zero-order chi connectivity index (χ0) is 17.6. The summed E-state index contributed by atoms with van der Waals surface area (Å²) in [6, 6.07) is 10.4. The molecule has 7 heteroatoms. The van der Waals surface area contributed by atoms with Crippen molar-refractivity contribution in [3.63, 3.8) is 0 Å². The van der Waals surface area contributed by atoms with Gasteiger partial charge in [-0.2, -0.15) is 0 Å². The van der Waals surface area contributed by atoms with E-state index in [0.717, 1.165) is 22.3 Å². The third-order valence-electron chi connectivity index (χ3n) is 3.69. The molecule has 1 heterocycles. The fourth-order valence-corrected chi connectivity index (χ4v) is 2.87. The third kappa shape index (κ3) is 4.85. The molecule has 3 rings (SSSR count). The average molecular weight is 408 g/mol. The van der Waals surface area contributed by atoms with Crippen molar-refractivity contribution in [2.75, 3.05) is 25.1 Å². The number of fused-ring (bicyclic) bond motifs is 1. The first kappa shape index (κ1) is 17.5. The van der Waals surface area contributed by atoms with E-state index in [0.29, 0.717) is 37.5 Å². The lowest BCUT2D eigenvalue weighted by molar-refractivity contribution is 0.297. The van der Waals surface area contributed by atoms with E-state index in [-0.39, 0.29) is 11.8 Å². The van der Waals surface area contributed by atoms with Gasteiger partial charge < -0.3 is 20.5 Å². The molecule has 3 N–H and O–H groups in total. The zero-order valence-electron chi connectivity index (χ0n) is 13.6. The lowest BCUT2D eigenvalue weighted by Gasteiger charge is -2.10. The Labute approximate surface area is 154 Å². The first-order valence-corrected chi connectivity index (χ1v) is 8.81. The van der Waals surface area contributed by atoms with Crippen LogP contribution in [0.25, 0.3) is 0 Å². The number of anilines is 1. The summed E-state index contributed by atoms with van der Waals surface area (Å²) >= 11 is 3.34. The van der Waals surface area contributed by atoms with E-state index in [1.807, 2.05) is 18.2 Å². The maximum Gasteiger partial charge on any atom is 0.193 e. The Kier molecular flexibility index (Phi) is 5.75. The Morgan fingerprint density at radius 3 is 2.80 bits per heavy atom. The molecule has 0 spiro atoms. The van der Waals surface area contributed by atoms with Crippen LogP contribution in [-0.4, -0.2) is 25.7 Å². The summed E-state index contributed by atoms with van der Waals surface area (Å²) < 4.78 is 25.8. The molecule has 1 aliphatic heterocycles. The van der Waals surface area contributed by atoms with Crippen molar-refractivity contribution >= 4 is 27.6 Å². The summed E-state index contributed by atoms with van der Waals surface area (Å²) in [7, 11) is 0. The van der Waals surface area contributed by atoms with Crippen LogP contribution in [0.15, 0.2) is 45.9 Å². The first-order chi connectivity index (χ1) is 12.1. The number of benzene rings is 2. The van der Waals surface area contributed by atoms with E-state index >= 15 is 0 Å². The van der Waals surface area contributed by atoms with Crippen molar-refractivity contribution in [3.05, 3.63) is 52.3 Å². The number of hydrogen-bond acceptors (Lipinski definition) is 3. The van der Waals surface area contributed by atoms with Gasteiger partial charge in [-0.15, -0.1) is 0 Å². The van der Waals surface area contributed by atoms with E-state index in [4.69, 9.17) is 15.2 Å². The van der Waals surface area contributed by atoms with Crippen LogP contribution in [0.1, 0.15) is 12.0 Å². The highest BCUT2D eigenvalue weighted by Gasteiger charge is 2.11. The fraction of sp³-hybridized carbons (Fsp3) is 0.278. The number of rotatable bonds is 4. The van der Waals surface area contributed by atoms with Gasteiger partial charge in [0, 0.05) is 29.2 Å². The van der Waals surface area contributed by atoms with Gasteiger partial charge in [-0.25, -0.2) is 4.39 Å². The van der Waals surface area contributed by atoms with Crippen molar-refractivity contribution in [1.29, 1.82) is 0 Å². The molecule has 0 saturated heterocycles. The van der Waals surface area contributed by atoms with Crippen molar-refractivity contribution < 1.29 is 13.9 Å². The smallest absolute Gasteiger partial charge is 0.193 e. The van der Waals surface area contributed by atoms with E-state index < -0.39 is 0 Å². The zero-order valence-corrected chi connectivity index (χ0v) is 15.2. The third-order valence-corrected chi connectivity index (χ3v) is 4.18. The van der Waals surface area contributed by atoms with Gasteiger partial charge in [0.25, 0.3) is 0 Å². The van der Waals surface area contributed by atoms with E-state index in [2.05, 4.69) is 26.2 Å². The molecule has 25 heavy (non-hydrogen) atoms. The molecule has 0 amide bonds. The van der Waals surface area contributed by atoms with Gasteiger partial charge in [-0.3, -0.25) is 4.99 Å². The molecule has 0 aromatic heterocycles. The number of nitrogens with two attached hydrogens (primary N) is 1. The Hall–Kier alpha value is -2.28. The van der Waals surface area contributed by atoms with Crippen molar-refractivity contribution in [1.82, 2.24) is 0 Å². The van der Waals surface area contributed by atoms with Crippen molar-refractivity contribution in [2.45, 2.75) is 12.8 Å². The second-order valence-corrected chi connectivity index (χ2v) is 6.51. The summed E-state index contributed by atoms with van der Waals surface area (Å²) in [6.45, 7) is 1.66. The molecule has 0 aliphatic carbocycles. The maximum atomic E-state index is 13.7. The molecule has 2 aromatic carbocycles. The first-order valence-electron chi connectivity index (χ1n) is 8.02. The summed E-state index contributed by atoms with van der Waals surface area (Å²) in [4.78, 5) is 4.25. The van der Waals surface area contributed by atoms with Crippen molar-refractivity contribution in [3.8, 4) is 11.5 Å². The van der Waals surface area contributed by atoms with Gasteiger partial charge >= 0.3 is 0 Å². The molecule has 0 fully saturated rings. The van der Waals surface area contributed by atoms with Crippen LogP contribution in [0, 0.1) is 5.82 Å². The van der Waals surface area contributed by atoms with Gasteiger partial charge in [0.05, 0.1) is 13.2 Å². The Bertz CT molecular complexity index is 783. The molecule has 0 bridgehead atoms. The molecule has 0 radical (unpaired) electrons. The monoisotopic (exact) mass is 407 g/mol. The van der Waals surface area contributed by atoms with E-state index in [9.17, 15) is 4.39 Å².